The van der Waals surface area contributed by atoms with Crippen LogP contribution in [0.3, 0.4) is 0 Å². The Kier molecular flexibility index (Phi) is 5.64. The molecule has 1 rings (SSSR count). The highest BCUT2D eigenvalue weighted by Crippen LogP contribution is 2.01. The van der Waals surface area contributed by atoms with E-state index in [4.69, 9.17) is 5.14 Å². The van der Waals surface area contributed by atoms with Crippen LogP contribution in [0.4, 0.5) is 5.82 Å². The van der Waals surface area contributed by atoms with Crippen LogP contribution in [0, 0.1) is 0 Å². The third-order valence-corrected chi connectivity index (χ3v) is 3.00. The highest BCUT2D eigenvalue weighted by atomic mass is 32.2. The summed E-state index contributed by atoms with van der Waals surface area (Å²) >= 11 is 0. The second kappa shape index (κ2) is 7.00. The quantitative estimate of drug-likeness (QED) is 0.570. The van der Waals surface area contributed by atoms with Crippen LogP contribution < -0.4 is 15.8 Å². The van der Waals surface area contributed by atoms with Gasteiger partial charge < -0.3 is 10.6 Å². The third-order valence-electron chi connectivity index (χ3n) is 2.15. The first-order chi connectivity index (χ1) is 8.92. The minimum Gasteiger partial charge on any atom is -0.369 e. The molecule has 0 radical (unpaired) electrons. The van der Waals surface area contributed by atoms with E-state index in [-0.39, 0.29) is 24.4 Å². The number of amides is 1. The fraction of sp³-hybridized carbons (Fsp3) is 0.500. The molecule has 0 atom stereocenters. The molecule has 0 aromatic carbocycles. The number of nitrogens with one attached hydrogen (secondary N) is 2. The van der Waals surface area contributed by atoms with Gasteiger partial charge in [-0.2, -0.15) is 0 Å². The molecule has 0 spiro atoms. The van der Waals surface area contributed by atoms with Crippen molar-refractivity contribution in [2.45, 2.75) is 13.3 Å². The Morgan fingerprint density at radius 3 is 2.63 bits per heavy atom. The highest BCUT2D eigenvalue weighted by Gasteiger charge is 2.08. The smallest absolute Gasteiger partial charge is 0.271 e. The number of hydrogen-bond acceptors (Lipinski definition) is 6. The molecule has 0 aliphatic rings. The number of aromatic nitrogens is 2. The lowest BCUT2D eigenvalue weighted by molar-refractivity contribution is 0.0947. The summed E-state index contributed by atoms with van der Waals surface area (Å²) in [5, 5.41) is 17.9. The number of sulfonamides is 1. The molecule has 0 aliphatic carbocycles. The fourth-order valence-corrected chi connectivity index (χ4v) is 1.84. The predicted molar refractivity (Wildman–Crippen MR) is 71.1 cm³/mol. The first-order valence-electron chi connectivity index (χ1n) is 5.78. The van der Waals surface area contributed by atoms with Gasteiger partial charge in [0.15, 0.2) is 5.69 Å². The van der Waals surface area contributed by atoms with Crippen molar-refractivity contribution < 1.29 is 13.2 Å². The van der Waals surface area contributed by atoms with Gasteiger partial charge in [0.25, 0.3) is 5.91 Å². The van der Waals surface area contributed by atoms with Gasteiger partial charge in [0.05, 0.1) is 5.75 Å². The van der Waals surface area contributed by atoms with E-state index in [2.05, 4.69) is 20.8 Å². The average Bonchev–Trinajstić information content (AvgIpc) is 2.34. The van der Waals surface area contributed by atoms with Crippen LogP contribution in [-0.2, 0) is 10.0 Å². The second-order valence-corrected chi connectivity index (χ2v) is 5.54. The molecule has 0 bridgehead atoms. The lowest BCUT2D eigenvalue weighted by Gasteiger charge is -2.04. The van der Waals surface area contributed by atoms with E-state index in [1.54, 1.807) is 12.1 Å². The number of carbonyl (C=O) groups excluding carboxylic acids is 1. The van der Waals surface area contributed by atoms with Crippen LogP contribution >= 0.6 is 0 Å². The van der Waals surface area contributed by atoms with Gasteiger partial charge >= 0.3 is 0 Å². The molecule has 19 heavy (non-hydrogen) atoms. The highest BCUT2D eigenvalue weighted by molar-refractivity contribution is 7.89. The van der Waals surface area contributed by atoms with Gasteiger partial charge in [-0.25, -0.2) is 13.6 Å². The van der Waals surface area contributed by atoms with Crippen LogP contribution in [0.2, 0.25) is 0 Å². The maximum atomic E-state index is 11.6. The molecular formula is C10H17N5O3S. The standard InChI is InChI=1S/C10H17N5O3S/c1-2-12-9-5-4-8(14-15-9)10(16)13-6-3-7-19(11,17)18/h4-5H,2-3,6-7H2,1H3,(H,12,15)(H,13,16)(H2,11,17,18). The van der Waals surface area contributed by atoms with Crippen molar-refractivity contribution in [3.63, 3.8) is 0 Å². The number of primary sulfonamides is 1. The number of nitrogens with two attached hydrogens (primary N) is 1. The maximum absolute atomic E-state index is 11.6. The summed E-state index contributed by atoms with van der Waals surface area (Å²) in [6.07, 6.45) is 0.257. The summed E-state index contributed by atoms with van der Waals surface area (Å²) in [5.41, 5.74) is 0.178. The molecule has 1 heterocycles. The first kappa shape index (κ1) is 15.3. The maximum Gasteiger partial charge on any atom is 0.271 e. The van der Waals surface area contributed by atoms with E-state index in [0.717, 1.165) is 0 Å². The van der Waals surface area contributed by atoms with Crippen molar-refractivity contribution in [2.24, 2.45) is 5.14 Å². The van der Waals surface area contributed by atoms with Gasteiger partial charge in [-0.1, -0.05) is 0 Å². The molecule has 1 aromatic heterocycles. The second-order valence-electron chi connectivity index (χ2n) is 3.81. The average molecular weight is 287 g/mol. The van der Waals surface area contributed by atoms with Gasteiger partial charge in [0.1, 0.15) is 5.82 Å². The molecule has 0 aliphatic heterocycles. The van der Waals surface area contributed by atoms with Crippen LogP contribution in [0.25, 0.3) is 0 Å². The summed E-state index contributed by atoms with van der Waals surface area (Å²) in [5.74, 6) is 0.0245. The Balaban J connectivity index is 2.41. The molecule has 4 N–H and O–H groups in total. The minimum atomic E-state index is -3.49. The Morgan fingerprint density at radius 1 is 1.37 bits per heavy atom. The third kappa shape index (κ3) is 6.11. The van der Waals surface area contributed by atoms with E-state index < -0.39 is 15.9 Å². The lowest BCUT2D eigenvalue weighted by Crippen LogP contribution is -2.28. The number of nitrogens with zero attached hydrogens (tertiary/aromatic N) is 2. The van der Waals surface area contributed by atoms with Gasteiger partial charge in [-0.3, -0.25) is 4.79 Å². The fourth-order valence-electron chi connectivity index (χ4n) is 1.29. The number of anilines is 1. The van der Waals surface area contributed by atoms with Crippen molar-refractivity contribution in [3.05, 3.63) is 17.8 Å². The van der Waals surface area contributed by atoms with Crippen molar-refractivity contribution in [1.82, 2.24) is 15.5 Å². The number of carbonyl (C=O) groups is 1. The van der Waals surface area contributed by atoms with Gasteiger partial charge in [0.2, 0.25) is 10.0 Å². The van der Waals surface area contributed by atoms with Crippen LogP contribution in [-0.4, -0.2) is 43.4 Å². The molecule has 106 valence electrons. The van der Waals surface area contributed by atoms with Crippen LogP contribution in [0.5, 0.6) is 0 Å². The molecule has 0 saturated carbocycles. The van der Waals surface area contributed by atoms with Crippen molar-refractivity contribution in [3.8, 4) is 0 Å². The largest absolute Gasteiger partial charge is 0.369 e. The lowest BCUT2D eigenvalue weighted by atomic mass is 10.3. The Labute approximate surface area is 111 Å². The van der Waals surface area contributed by atoms with Gasteiger partial charge in [-0.05, 0) is 25.5 Å². The van der Waals surface area contributed by atoms with Crippen LogP contribution in [0.15, 0.2) is 12.1 Å². The Bertz CT molecular complexity index is 514. The number of hydrogen-bond donors (Lipinski definition) is 3. The monoisotopic (exact) mass is 287 g/mol. The topological polar surface area (TPSA) is 127 Å². The van der Waals surface area contributed by atoms with Gasteiger partial charge in [-0.15, -0.1) is 10.2 Å². The normalized spacial score (nSPS) is 11.1. The van der Waals surface area contributed by atoms with Crippen molar-refractivity contribution in [2.75, 3.05) is 24.2 Å². The molecule has 1 aromatic rings. The molecular weight excluding hydrogens is 270 g/mol. The van der Waals surface area contributed by atoms with E-state index in [9.17, 15) is 13.2 Å². The van der Waals surface area contributed by atoms with Crippen LogP contribution in [0.1, 0.15) is 23.8 Å². The minimum absolute atomic E-state index is 0.168. The number of rotatable bonds is 7. The Morgan fingerprint density at radius 2 is 2.11 bits per heavy atom. The summed E-state index contributed by atoms with van der Waals surface area (Å²) in [6, 6.07) is 3.19. The predicted octanol–water partition coefficient (Wildman–Crippen LogP) is -0.683. The molecule has 9 heteroatoms. The van der Waals surface area contributed by atoms with E-state index in [1.165, 1.54) is 0 Å². The molecule has 0 fully saturated rings. The molecule has 0 unspecified atom stereocenters. The summed E-state index contributed by atoms with van der Waals surface area (Å²) < 4.78 is 21.4. The summed E-state index contributed by atoms with van der Waals surface area (Å²) in [7, 11) is -3.49. The first-order valence-corrected chi connectivity index (χ1v) is 7.50. The van der Waals surface area contributed by atoms with Gasteiger partial charge in [0, 0.05) is 13.1 Å². The molecule has 1 amide bonds. The molecule has 8 nitrogen and oxygen atoms in total. The SMILES string of the molecule is CCNc1ccc(C(=O)NCCCS(N)(=O)=O)nn1. The summed E-state index contributed by atoms with van der Waals surface area (Å²) in [6.45, 7) is 2.85. The Hall–Kier alpha value is -1.74. The molecule has 0 saturated heterocycles. The summed E-state index contributed by atoms with van der Waals surface area (Å²) in [4.78, 5) is 11.6. The zero-order valence-corrected chi connectivity index (χ0v) is 11.4. The van der Waals surface area contributed by atoms with Crippen molar-refractivity contribution in [1.29, 1.82) is 0 Å². The zero-order chi connectivity index (χ0) is 14.3. The van der Waals surface area contributed by atoms with E-state index in [1.807, 2.05) is 6.92 Å². The van der Waals surface area contributed by atoms with Crippen molar-refractivity contribution >= 4 is 21.7 Å². The zero-order valence-electron chi connectivity index (χ0n) is 10.6. The van der Waals surface area contributed by atoms with E-state index >= 15 is 0 Å². The van der Waals surface area contributed by atoms with E-state index in [0.29, 0.717) is 12.4 Å².